The van der Waals surface area contributed by atoms with Crippen molar-refractivity contribution in [1.29, 1.82) is 0 Å². The van der Waals surface area contributed by atoms with Crippen LogP contribution in [0.1, 0.15) is 62.5 Å². The molecule has 3 fully saturated rings. The van der Waals surface area contributed by atoms with E-state index in [0.717, 1.165) is 25.7 Å². The van der Waals surface area contributed by atoms with Gasteiger partial charge in [0.05, 0.1) is 35.7 Å². The van der Waals surface area contributed by atoms with Gasteiger partial charge < -0.3 is 41.2 Å². The number of para-hydroxylation sites is 1. The summed E-state index contributed by atoms with van der Waals surface area (Å²) in [5, 5.41) is 9.15. The summed E-state index contributed by atoms with van der Waals surface area (Å²) < 4.78 is 20.7. The average molecular weight is 649 g/mol. The number of halogens is 1. The molecule has 2 aliphatic heterocycles. The van der Waals surface area contributed by atoms with Gasteiger partial charge in [-0.1, -0.05) is 25.3 Å². The number of aromatic nitrogens is 4. The van der Waals surface area contributed by atoms with Crippen LogP contribution < -0.4 is 31.5 Å². The number of aromatic amines is 1. The number of carbonyl (C=O) groups excluding carboxylic acids is 2. The highest BCUT2D eigenvalue weighted by atomic mass is 19.1. The van der Waals surface area contributed by atoms with E-state index in [1.807, 2.05) is 11.0 Å². The molecule has 3 aliphatic rings. The maximum absolute atomic E-state index is 15.1. The Hall–Kier alpha value is -4.30. The first kappa shape index (κ1) is 32.6. The Morgan fingerprint density at radius 3 is 2.70 bits per heavy atom. The zero-order valence-electron chi connectivity index (χ0n) is 27.1. The van der Waals surface area contributed by atoms with Crippen molar-refractivity contribution >= 4 is 35.0 Å². The van der Waals surface area contributed by atoms with Gasteiger partial charge in [0.1, 0.15) is 17.3 Å². The van der Waals surface area contributed by atoms with Gasteiger partial charge in [0, 0.05) is 57.6 Å². The molecule has 3 atom stereocenters. The lowest BCUT2D eigenvalue weighted by Gasteiger charge is -2.39. The van der Waals surface area contributed by atoms with Crippen LogP contribution in [0.2, 0.25) is 0 Å². The summed E-state index contributed by atoms with van der Waals surface area (Å²) in [6.07, 6.45) is 8.76. The number of carbonyl (C=O) groups is 2. The van der Waals surface area contributed by atoms with Crippen LogP contribution in [0.25, 0.3) is 11.4 Å². The molecule has 4 heterocycles. The van der Waals surface area contributed by atoms with E-state index in [2.05, 4.69) is 42.7 Å². The Labute approximate surface area is 274 Å². The fraction of sp³-hybridized carbons (Fsp3) is 0.545. The molecule has 1 aromatic carbocycles. The first-order valence-corrected chi connectivity index (χ1v) is 16.7. The molecule has 14 heteroatoms. The number of anilines is 4. The van der Waals surface area contributed by atoms with Gasteiger partial charge in [-0.15, -0.1) is 0 Å². The Balaban J connectivity index is 1.19. The van der Waals surface area contributed by atoms with Gasteiger partial charge >= 0.3 is 0 Å². The number of ether oxygens (including phenoxy) is 1. The molecule has 0 spiro atoms. The standard InChI is InChI=1S/C33H45FN10O3/c1-20-11-12-21(31(45)38-22-7-4-3-5-8-22)18-44(20)28-15-26(41-33(36-2)42-28)27-17-37-30(39-27)32(46)40-25-10-6-9-24(34)29(25)43-13-14-47-23(16-35)19-43/h6,9-10,15,17,20-23H,3-5,7-8,11-14,16,18-19,35H2,1-2H3,(H,37,39)(H,38,45)(H,40,46)(H,36,41,42)/t20-,21+,23+/m1/s1. The smallest absolute Gasteiger partial charge is 0.291 e. The minimum Gasteiger partial charge on any atom is -0.373 e. The van der Waals surface area contributed by atoms with E-state index in [9.17, 15) is 9.59 Å². The van der Waals surface area contributed by atoms with Crippen LogP contribution >= 0.6 is 0 Å². The van der Waals surface area contributed by atoms with E-state index < -0.39 is 11.7 Å². The van der Waals surface area contributed by atoms with Gasteiger partial charge in [0.15, 0.2) is 5.82 Å². The summed E-state index contributed by atoms with van der Waals surface area (Å²) in [6, 6.07) is 6.86. The van der Waals surface area contributed by atoms with Crippen molar-refractivity contribution in [3.05, 3.63) is 42.1 Å². The molecule has 2 saturated heterocycles. The molecule has 6 rings (SSSR count). The second-order valence-corrected chi connectivity index (χ2v) is 12.7. The Bertz CT molecular complexity index is 1560. The molecule has 3 aromatic rings. The van der Waals surface area contributed by atoms with Gasteiger partial charge in [-0.2, -0.15) is 4.98 Å². The van der Waals surface area contributed by atoms with Crippen LogP contribution in [0.15, 0.2) is 30.5 Å². The van der Waals surface area contributed by atoms with Crippen molar-refractivity contribution in [2.75, 3.05) is 60.3 Å². The van der Waals surface area contributed by atoms with Crippen molar-refractivity contribution in [2.24, 2.45) is 11.7 Å². The lowest BCUT2D eigenvalue weighted by atomic mass is 9.91. The molecule has 252 valence electrons. The van der Waals surface area contributed by atoms with Crippen LogP contribution in [0, 0.1) is 11.7 Å². The van der Waals surface area contributed by atoms with Crippen LogP contribution in [-0.2, 0) is 9.53 Å². The van der Waals surface area contributed by atoms with Crippen molar-refractivity contribution < 1.29 is 18.7 Å². The summed E-state index contributed by atoms with van der Waals surface area (Å²) in [5.41, 5.74) is 7.37. The van der Waals surface area contributed by atoms with E-state index in [1.54, 1.807) is 25.4 Å². The third-order valence-electron chi connectivity index (χ3n) is 9.44. The van der Waals surface area contributed by atoms with E-state index in [4.69, 9.17) is 15.5 Å². The predicted molar refractivity (Wildman–Crippen MR) is 179 cm³/mol. The van der Waals surface area contributed by atoms with Gasteiger partial charge in [0.2, 0.25) is 11.9 Å². The second kappa shape index (κ2) is 14.6. The summed E-state index contributed by atoms with van der Waals surface area (Å²) in [5.74, 6) is 0.153. The van der Waals surface area contributed by atoms with Crippen LogP contribution in [0.4, 0.5) is 27.5 Å². The summed E-state index contributed by atoms with van der Waals surface area (Å²) in [7, 11) is 1.74. The lowest BCUT2D eigenvalue weighted by molar-refractivity contribution is -0.126. The molecular weight excluding hydrogens is 603 g/mol. The fourth-order valence-electron chi connectivity index (χ4n) is 6.78. The third kappa shape index (κ3) is 7.49. The Morgan fingerprint density at radius 2 is 1.91 bits per heavy atom. The summed E-state index contributed by atoms with van der Waals surface area (Å²) >= 11 is 0. The molecule has 0 bridgehead atoms. The second-order valence-electron chi connectivity index (χ2n) is 12.7. The number of nitrogens with one attached hydrogen (secondary N) is 4. The Morgan fingerprint density at radius 1 is 1.09 bits per heavy atom. The highest BCUT2D eigenvalue weighted by Crippen LogP contribution is 2.32. The number of hydrogen-bond acceptors (Lipinski definition) is 10. The fourth-order valence-corrected chi connectivity index (χ4v) is 6.78. The van der Waals surface area contributed by atoms with Crippen molar-refractivity contribution in [3.63, 3.8) is 0 Å². The largest absolute Gasteiger partial charge is 0.373 e. The molecule has 0 radical (unpaired) electrons. The Kier molecular flexibility index (Phi) is 10.2. The number of imidazole rings is 1. The quantitative estimate of drug-likeness (QED) is 0.232. The zero-order chi connectivity index (χ0) is 32.9. The summed E-state index contributed by atoms with van der Waals surface area (Å²) in [6.45, 7) is 4.30. The summed E-state index contributed by atoms with van der Waals surface area (Å²) in [4.78, 5) is 47.4. The molecule has 6 N–H and O–H groups in total. The van der Waals surface area contributed by atoms with Gasteiger partial charge in [0.25, 0.3) is 5.91 Å². The number of nitrogens with two attached hydrogens (primary N) is 1. The van der Waals surface area contributed by atoms with E-state index >= 15 is 4.39 Å². The number of morpholine rings is 1. The monoisotopic (exact) mass is 648 g/mol. The molecular formula is C33H45FN10O3. The minimum atomic E-state index is -0.522. The molecule has 2 amide bonds. The number of rotatable bonds is 9. The number of hydrogen-bond donors (Lipinski definition) is 5. The van der Waals surface area contributed by atoms with Crippen molar-refractivity contribution in [3.8, 4) is 11.4 Å². The number of amides is 2. The topological polar surface area (TPSA) is 166 Å². The van der Waals surface area contributed by atoms with Gasteiger partial charge in [-0.25, -0.2) is 14.4 Å². The van der Waals surface area contributed by atoms with Crippen molar-refractivity contribution in [2.45, 2.75) is 70.1 Å². The van der Waals surface area contributed by atoms with Crippen LogP contribution in [-0.4, -0.2) is 89.8 Å². The van der Waals surface area contributed by atoms with E-state index in [1.165, 1.54) is 25.3 Å². The zero-order valence-corrected chi connectivity index (χ0v) is 27.1. The molecule has 1 aliphatic carbocycles. The SMILES string of the molecule is CNc1nc(-c2c[nH]c(C(=O)Nc3cccc(F)c3N3CCO[C@@H](CN)C3)n2)cc(N2C[C@@H](C(=O)NC3CCCCC3)CC[C@H]2C)n1. The van der Waals surface area contributed by atoms with Gasteiger partial charge in [-0.05, 0) is 44.7 Å². The number of H-pyrrole nitrogens is 1. The molecule has 1 saturated carbocycles. The number of piperidine rings is 1. The molecule has 2 aromatic heterocycles. The molecule has 47 heavy (non-hydrogen) atoms. The first-order valence-electron chi connectivity index (χ1n) is 16.7. The lowest BCUT2D eigenvalue weighted by Crippen LogP contribution is -2.49. The van der Waals surface area contributed by atoms with Crippen LogP contribution in [0.3, 0.4) is 0 Å². The first-order chi connectivity index (χ1) is 22.8. The van der Waals surface area contributed by atoms with Crippen molar-refractivity contribution in [1.82, 2.24) is 25.3 Å². The normalized spacial score (nSPS) is 22.2. The highest BCUT2D eigenvalue weighted by Gasteiger charge is 2.33. The minimum absolute atomic E-state index is 0.0500. The van der Waals surface area contributed by atoms with Gasteiger partial charge in [-0.3, -0.25) is 9.59 Å². The molecule has 0 unspecified atom stereocenters. The van der Waals surface area contributed by atoms with Crippen LogP contribution in [0.5, 0.6) is 0 Å². The maximum Gasteiger partial charge on any atom is 0.291 e. The average Bonchev–Trinajstić information content (AvgIpc) is 3.60. The number of nitrogens with zero attached hydrogens (tertiary/aromatic N) is 5. The third-order valence-corrected chi connectivity index (χ3v) is 9.44. The molecule has 13 nitrogen and oxygen atoms in total. The number of benzene rings is 1. The van der Waals surface area contributed by atoms with E-state index in [-0.39, 0.29) is 41.5 Å². The van der Waals surface area contributed by atoms with E-state index in [0.29, 0.717) is 61.6 Å². The predicted octanol–water partition coefficient (Wildman–Crippen LogP) is 3.52. The maximum atomic E-state index is 15.1. The highest BCUT2D eigenvalue weighted by molar-refractivity contribution is 6.04.